The molecule has 4 heteroatoms. The highest BCUT2D eigenvalue weighted by Crippen LogP contribution is 2.42. The fraction of sp³-hybridized carbons (Fsp3) is 0.0492. The molecule has 0 N–H and O–H groups in total. The van der Waals surface area contributed by atoms with Gasteiger partial charge in [-0.2, -0.15) is 0 Å². The Morgan fingerprint density at radius 3 is 1.54 bits per heavy atom. The van der Waals surface area contributed by atoms with Crippen molar-refractivity contribution >= 4 is 70.7 Å². The summed E-state index contributed by atoms with van der Waals surface area (Å²) >= 11 is 0. The molecule has 4 nitrogen and oxygen atoms in total. The molecule has 9 aromatic carbocycles. The van der Waals surface area contributed by atoms with Gasteiger partial charge in [0.15, 0.2) is 5.82 Å². The van der Waals surface area contributed by atoms with Gasteiger partial charge in [0.25, 0.3) is 0 Å². The molecule has 0 bridgehead atoms. The molecule has 0 saturated carbocycles. The molecule has 0 fully saturated rings. The summed E-state index contributed by atoms with van der Waals surface area (Å²) < 4.78 is 4.90. The Balaban J connectivity index is 1.11. The molecule has 1 unspecified atom stereocenters. The predicted molar refractivity (Wildman–Crippen MR) is 273 cm³/mol. The van der Waals surface area contributed by atoms with E-state index in [0.717, 1.165) is 67.9 Å². The van der Waals surface area contributed by atoms with Crippen molar-refractivity contribution in [2.24, 2.45) is 5.92 Å². The molecule has 3 heterocycles. The molecule has 0 radical (unpaired) electrons. The van der Waals surface area contributed by atoms with Crippen LogP contribution < -0.4 is 0 Å². The number of rotatable bonds is 6. The van der Waals surface area contributed by atoms with Gasteiger partial charge >= 0.3 is 0 Å². The molecule has 1 aliphatic rings. The van der Waals surface area contributed by atoms with Crippen LogP contribution in [0.3, 0.4) is 0 Å². The number of hydrogen-bond acceptors (Lipinski definition) is 2. The van der Waals surface area contributed by atoms with E-state index in [0.29, 0.717) is 11.7 Å². The minimum Gasteiger partial charge on any atom is -0.309 e. The van der Waals surface area contributed by atoms with Crippen molar-refractivity contribution in [2.75, 3.05) is 0 Å². The minimum absolute atomic E-state index is 0.546. The lowest BCUT2D eigenvalue weighted by atomic mass is 9.93. The van der Waals surface area contributed by atoms with Crippen LogP contribution in [0.1, 0.15) is 18.9 Å². The average Bonchev–Trinajstić information content (AvgIpc) is 3.90. The summed E-state index contributed by atoms with van der Waals surface area (Å²) in [5.74, 6) is 1.23. The molecular formula is C61H42N4. The van der Waals surface area contributed by atoms with Crippen molar-refractivity contribution in [1.82, 2.24) is 19.1 Å². The lowest BCUT2D eigenvalue weighted by Gasteiger charge is -2.17. The van der Waals surface area contributed by atoms with Crippen LogP contribution in [-0.2, 0) is 0 Å². The standard InChI is InChI=1S/C61H42N4/c1-39-26-28-40(29-27-39)44-18-13-19-45(34-44)53-38-54(63-61(62-53)43-16-3-2-4-17-43)46-35-47(64-55-24-11-9-22-51(55)59-49-20-7-5-14-41(49)30-32-57(59)64)37-48(36-46)65-56-25-12-10-23-52(56)60-50-21-8-6-15-42(50)31-33-58(60)65/h2-26,28-39H,27H2,1H3. The number of allylic oxidation sites excluding steroid dienone is 4. The van der Waals surface area contributed by atoms with Gasteiger partial charge in [-0.25, -0.2) is 9.97 Å². The Hall–Kier alpha value is -8.34. The number of hydrogen-bond donors (Lipinski definition) is 0. The number of aromatic nitrogens is 4. The van der Waals surface area contributed by atoms with Gasteiger partial charge in [-0.3, -0.25) is 0 Å². The molecule has 0 saturated heterocycles. The van der Waals surface area contributed by atoms with Gasteiger partial charge < -0.3 is 9.13 Å². The third-order valence-electron chi connectivity index (χ3n) is 13.4. The molecule has 12 aromatic rings. The summed E-state index contributed by atoms with van der Waals surface area (Å²) in [6.07, 6.45) is 7.96. The number of fused-ring (bicyclic) bond motifs is 10. The van der Waals surface area contributed by atoms with E-state index in [9.17, 15) is 0 Å². The Kier molecular flexibility index (Phi) is 8.53. The van der Waals surface area contributed by atoms with Crippen molar-refractivity contribution in [3.8, 4) is 45.3 Å². The van der Waals surface area contributed by atoms with Crippen LogP contribution in [0.5, 0.6) is 0 Å². The molecule has 0 spiro atoms. The summed E-state index contributed by atoms with van der Waals surface area (Å²) in [5, 5.41) is 9.90. The van der Waals surface area contributed by atoms with Crippen molar-refractivity contribution < 1.29 is 0 Å². The Morgan fingerprint density at radius 2 is 0.938 bits per heavy atom. The highest BCUT2D eigenvalue weighted by molar-refractivity contribution is 6.22. The minimum atomic E-state index is 0.546. The predicted octanol–water partition coefficient (Wildman–Crippen LogP) is 16.0. The maximum atomic E-state index is 5.44. The molecule has 1 aliphatic carbocycles. The van der Waals surface area contributed by atoms with Gasteiger partial charge in [0, 0.05) is 49.6 Å². The van der Waals surface area contributed by atoms with E-state index in [1.165, 1.54) is 54.2 Å². The van der Waals surface area contributed by atoms with Gasteiger partial charge in [-0.05, 0) is 99.6 Å². The summed E-state index contributed by atoms with van der Waals surface area (Å²) in [6, 6.07) is 72.6. The van der Waals surface area contributed by atoms with Gasteiger partial charge in [-0.1, -0.05) is 171 Å². The second-order valence-corrected chi connectivity index (χ2v) is 17.4. The zero-order valence-corrected chi connectivity index (χ0v) is 35.9. The summed E-state index contributed by atoms with van der Waals surface area (Å²) in [7, 11) is 0. The lowest BCUT2D eigenvalue weighted by Crippen LogP contribution is -2.02. The monoisotopic (exact) mass is 830 g/mol. The Morgan fingerprint density at radius 1 is 0.415 bits per heavy atom. The largest absolute Gasteiger partial charge is 0.309 e. The molecule has 1 atom stereocenters. The summed E-state index contributed by atoms with van der Waals surface area (Å²) in [4.78, 5) is 10.7. The number of nitrogens with zero attached hydrogens (tertiary/aromatic N) is 4. The van der Waals surface area contributed by atoms with Crippen molar-refractivity contribution in [3.05, 3.63) is 224 Å². The van der Waals surface area contributed by atoms with Crippen LogP contribution in [-0.4, -0.2) is 19.1 Å². The Labute approximate surface area is 376 Å². The van der Waals surface area contributed by atoms with Crippen molar-refractivity contribution in [2.45, 2.75) is 13.3 Å². The molecule has 13 rings (SSSR count). The first-order chi connectivity index (χ1) is 32.1. The molecule has 65 heavy (non-hydrogen) atoms. The van der Waals surface area contributed by atoms with E-state index < -0.39 is 0 Å². The topological polar surface area (TPSA) is 35.6 Å². The first-order valence-corrected chi connectivity index (χ1v) is 22.5. The third-order valence-corrected chi connectivity index (χ3v) is 13.4. The lowest BCUT2D eigenvalue weighted by molar-refractivity contribution is 0.739. The van der Waals surface area contributed by atoms with Gasteiger partial charge in [0.2, 0.25) is 0 Å². The number of benzene rings is 9. The van der Waals surface area contributed by atoms with Crippen LogP contribution in [0.4, 0.5) is 0 Å². The Bertz CT molecular complexity index is 3770. The van der Waals surface area contributed by atoms with Crippen molar-refractivity contribution in [3.63, 3.8) is 0 Å². The number of para-hydroxylation sites is 2. The molecule has 0 aliphatic heterocycles. The molecule has 0 amide bonds. The second kappa shape index (κ2) is 14.9. The van der Waals surface area contributed by atoms with E-state index >= 15 is 0 Å². The molecular weight excluding hydrogens is 789 g/mol. The third kappa shape index (κ3) is 6.13. The average molecular weight is 831 g/mol. The van der Waals surface area contributed by atoms with Crippen LogP contribution in [0, 0.1) is 5.92 Å². The first kappa shape index (κ1) is 37.2. The second-order valence-electron chi connectivity index (χ2n) is 17.4. The highest BCUT2D eigenvalue weighted by atomic mass is 15.0. The van der Waals surface area contributed by atoms with E-state index in [4.69, 9.17) is 9.97 Å². The zero-order chi connectivity index (χ0) is 43.0. The van der Waals surface area contributed by atoms with Gasteiger partial charge in [0.05, 0.1) is 33.5 Å². The molecule has 3 aromatic heterocycles. The normalized spacial score (nSPS) is 14.0. The smallest absolute Gasteiger partial charge is 0.160 e. The maximum absolute atomic E-state index is 5.44. The maximum Gasteiger partial charge on any atom is 0.160 e. The fourth-order valence-electron chi connectivity index (χ4n) is 10.3. The zero-order valence-electron chi connectivity index (χ0n) is 35.9. The van der Waals surface area contributed by atoms with Crippen LogP contribution in [0.25, 0.3) is 116 Å². The van der Waals surface area contributed by atoms with E-state index in [2.05, 4.69) is 228 Å². The molecule has 306 valence electrons. The summed E-state index contributed by atoms with van der Waals surface area (Å²) in [6.45, 7) is 2.26. The van der Waals surface area contributed by atoms with E-state index in [-0.39, 0.29) is 0 Å². The van der Waals surface area contributed by atoms with Gasteiger partial charge in [-0.15, -0.1) is 0 Å². The van der Waals surface area contributed by atoms with Crippen LogP contribution in [0.2, 0.25) is 0 Å². The van der Waals surface area contributed by atoms with Crippen molar-refractivity contribution in [1.29, 1.82) is 0 Å². The van der Waals surface area contributed by atoms with Gasteiger partial charge in [0.1, 0.15) is 0 Å². The highest BCUT2D eigenvalue weighted by Gasteiger charge is 2.21. The quantitative estimate of drug-likeness (QED) is 0.167. The van der Waals surface area contributed by atoms with Crippen LogP contribution in [0.15, 0.2) is 218 Å². The first-order valence-electron chi connectivity index (χ1n) is 22.5. The summed E-state index contributed by atoms with van der Waals surface area (Å²) in [5.41, 5.74) is 13.9. The fourth-order valence-corrected chi connectivity index (χ4v) is 10.3. The van der Waals surface area contributed by atoms with E-state index in [1.807, 2.05) is 6.07 Å². The SMILES string of the molecule is CC1C=CC(c2cccc(-c3cc(-c4cc(-n5c6ccccc6c6c7ccccc7ccc65)cc(-n5c6ccccc6c6c7ccccc7ccc65)c4)nc(-c4ccccc4)n3)c2)=CC1. The van der Waals surface area contributed by atoms with Crippen LogP contribution >= 0.6 is 0 Å². The van der Waals surface area contributed by atoms with E-state index in [1.54, 1.807) is 0 Å².